The first kappa shape index (κ1) is 19.1. The Hall–Kier alpha value is -2.84. The third-order valence-electron chi connectivity index (χ3n) is 6.09. The number of benzene rings is 1. The van der Waals surface area contributed by atoms with E-state index < -0.39 is 0 Å². The quantitative estimate of drug-likeness (QED) is 0.563. The molecule has 4 heterocycles. The van der Waals surface area contributed by atoms with Gasteiger partial charge in [-0.25, -0.2) is 0 Å². The number of amides is 2. The fourth-order valence-corrected chi connectivity index (χ4v) is 5.28. The Labute approximate surface area is 178 Å². The molecule has 4 N–H and O–H groups in total. The highest BCUT2D eigenvalue weighted by Gasteiger charge is 2.34. The molecule has 156 valence electrons. The highest BCUT2D eigenvalue weighted by atomic mass is 32.1. The number of hydrogen-bond acceptors (Lipinski definition) is 5. The summed E-state index contributed by atoms with van der Waals surface area (Å²) in [7, 11) is 2.03. The second-order valence-electron chi connectivity index (χ2n) is 8.18. The van der Waals surface area contributed by atoms with Gasteiger partial charge in [0.05, 0.1) is 15.9 Å². The van der Waals surface area contributed by atoms with E-state index in [1.54, 1.807) is 6.07 Å². The average molecular weight is 424 g/mol. The topological polar surface area (TPSA) is 92.4 Å². The van der Waals surface area contributed by atoms with Crippen LogP contribution < -0.4 is 16.4 Å². The highest BCUT2D eigenvalue weighted by Crippen LogP contribution is 2.36. The standard InChI is InChI=1S/C22H25N5O2S/c1-26-12-16(15-9-14(23)4-5-18(15)26)13-10-27(11-13)22(29)19-6-7-20(30-19)25-21(28)17-3-2-8-24-17/h4-7,9,12-13,17,24H,2-3,8,10-11,23H2,1H3,(H,25,28)/t17-/m0/s1. The first-order valence-corrected chi connectivity index (χ1v) is 11.1. The molecule has 2 amide bonds. The van der Waals surface area contributed by atoms with Crippen molar-refractivity contribution in [1.82, 2.24) is 14.8 Å². The van der Waals surface area contributed by atoms with Gasteiger partial charge in [0.2, 0.25) is 5.91 Å². The molecule has 2 aromatic heterocycles. The molecule has 2 fully saturated rings. The van der Waals surface area contributed by atoms with Gasteiger partial charge in [0.15, 0.2) is 0 Å². The lowest BCUT2D eigenvalue weighted by molar-refractivity contribution is -0.117. The summed E-state index contributed by atoms with van der Waals surface area (Å²) in [6.07, 6.45) is 4.02. The van der Waals surface area contributed by atoms with E-state index in [0.29, 0.717) is 23.9 Å². The molecule has 8 heteroatoms. The summed E-state index contributed by atoms with van der Waals surface area (Å²) in [6, 6.07) is 9.46. The van der Waals surface area contributed by atoms with Crippen molar-refractivity contribution in [3.05, 3.63) is 47.0 Å². The molecular weight excluding hydrogens is 398 g/mol. The van der Waals surface area contributed by atoms with Crippen LogP contribution in [0.3, 0.4) is 0 Å². The molecule has 30 heavy (non-hydrogen) atoms. The third kappa shape index (κ3) is 3.36. The molecule has 0 unspecified atom stereocenters. The normalized spacial score (nSPS) is 19.2. The summed E-state index contributed by atoms with van der Waals surface area (Å²) in [5.41, 5.74) is 9.13. The van der Waals surface area contributed by atoms with Gasteiger partial charge in [0.1, 0.15) is 0 Å². The number of carbonyl (C=O) groups excluding carboxylic acids is 2. The summed E-state index contributed by atoms with van der Waals surface area (Å²) in [4.78, 5) is 27.6. The van der Waals surface area contributed by atoms with E-state index in [1.165, 1.54) is 16.9 Å². The number of nitrogens with one attached hydrogen (secondary N) is 2. The molecule has 0 saturated carbocycles. The van der Waals surface area contributed by atoms with Crippen LogP contribution in [0.2, 0.25) is 0 Å². The molecule has 0 aliphatic carbocycles. The fourth-order valence-electron chi connectivity index (χ4n) is 4.40. The minimum absolute atomic E-state index is 0.0207. The predicted octanol–water partition coefficient (Wildman–Crippen LogP) is 2.75. The molecule has 0 spiro atoms. The molecule has 0 bridgehead atoms. The minimum atomic E-state index is -0.128. The number of nitrogen functional groups attached to an aromatic ring is 1. The van der Waals surface area contributed by atoms with E-state index in [9.17, 15) is 9.59 Å². The second kappa shape index (κ2) is 7.45. The zero-order valence-corrected chi connectivity index (χ0v) is 17.7. The summed E-state index contributed by atoms with van der Waals surface area (Å²) in [5, 5.41) is 8.00. The van der Waals surface area contributed by atoms with Gasteiger partial charge in [-0.1, -0.05) is 0 Å². The smallest absolute Gasteiger partial charge is 0.264 e. The van der Waals surface area contributed by atoms with Crippen LogP contribution in [0, 0.1) is 0 Å². The Morgan fingerprint density at radius 2 is 2.07 bits per heavy atom. The molecule has 2 aliphatic heterocycles. The molecule has 3 aromatic rings. The maximum Gasteiger partial charge on any atom is 0.264 e. The van der Waals surface area contributed by atoms with E-state index >= 15 is 0 Å². The number of rotatable bonds is 4. The van der Waals surface area contributed by atoms with Gasteiger partial charge in [-0.3, -0.25) is 9.59 Å². The van der Waals surface area contributed by atoms with Gasteiger partial charge in [0.25, 0.3) is 5.91 Å². The van der Waals surface area contributed by atoms with Gasteiger partial charge in [-0.15, -0.1) is 11.3 Å². The molecular formula is C22H25N5O2S. The third-order valence-corrected chi connectivity index (χ3v) is 7.08. The summed E-state index contributed by atoms with van der Waals surface area (Å²) in [6.45, 7) is 2.27. The second-order valence-corrected chi connectivity index (χ2v) is 9.26. The number of fused-ring (bicyclic) bond motifs is 1. The number of thiophene rings is 1. The van der Waals surface area contributed by atoms with Gasteiger partial charge >= 0.3 is 0 Å². The predicted molar refractivity (Wildman–Crippen MR) is 120 cm³/mol. The van der Waals surface area contributed by atoms with Gasteiger partial charge in [-0.2, -0.15) is 0 Å². The average Bonchev–Trinajstić information content (AvgIpc) is 3.42. The van der Waals surface area contributed by atoms with E-state index in [2.05, 4.69) is 21.4 Å². The molecule has 1 aromatic carbocycles. The molecule has 1 atom stereocenters. The zero-order chi connectivity index (χ0) is 20.8. The van der Waals surface area contributed by atoms with Crippen LogP contribution in [0.1, 0.15) is 34.0 Å². The summed E-state index contributed by atoms with van der Waals surface area (Å²) < 4.78 is 2.11. The first-order valence-electron chi connectivity index (χ1n) is 10.3. The highest BCUT2D eigenvalue weighted by molar-refractivity contribution is 7.18. The number of aromatic nitrogens is 1. The van der Waals surface area contributed by atoms with Crippen molar-refractivity contribution in [2.24, 2.45) is 7.05 Å². The number of nitrogens with zero attached hydrogens (tertiary/aromatic N) is 2. The summed E-state index contributed by atoms with van der Waals surface area (Å²) in [5.74, 6) is 0.315. The molecule has 0 radical (unpaired) electrons. The van der Waals surface area contributed by atoms with Crippen molar-refractivity contribution in [2.45, 2.75) is 24.8 Å². The van der Waals surface area contributed by atoms with Crippen LogP contribution in [0.5, 0.6) is 0 Å². The lowest BCUT2D eigenvalue weighted by Gasteiger charge is -2.39. The number of likely N-dealkylation sites (tertiary alicyclic amines) is 1. The van der Waals surface area contributed by atoms with E-state index in [4.69, 9.17) is 5.73 Å². The number of carbonyl (C=O) groups is 2. The lowest BCUT2D eigenvalue weighted by atomic mass is 9.91. The SMILES string of the molecule is Cn1cc(C2CN(C(=O)c3ccc(NC(=O)[C@@H]4CCCN4)s3)C2)c2cc(N)ccc21. The van der Waals surface area contributed by atoms with E-state index in [0.717, 1.165) is 41.0 Å². The van der Waals surface area contributed by atoms with Crippen molar-refractivity contribution in [3.63, 3.8) is 0 Å². The lowest BCUT2D eigenvalue weighted by Crippen LogP contribution is -2.48. The Morgan fingerprint density at radius 1 is 1.23 bits per heavy atom. The van der Waals surface area contributed by atoms with Crippen molar-refractivity contribution in [3.8, 4) is 0 Å². The van der Waals surface area contributed by atoms with Crippen molar-refractivity contribution in [1.29, 1.82) is 0 Å². The van der Waals surface area contributed by atoms with E-state index in [-0.39, 0.29) is 17.9 Å². The minimum Gasteiger partial charge on any atom is -0.399 e. The van der Waals surface area contributed by atoms with Gasteiger partial charge in [0, 0.05) is 48.8 Å². The van der Waals surface area contributed by atoms with Crippen molar-refractivity contribution in [2.75, 3.05) is 30.7 Å². The number of hydrogen-bond donors (Lipinski definition) is 3. The van der Waals surface area contributed by atoms with E-state index in [1.807, 2.05) is 36.2 Å². The van der Waals surface area contributed by atoms with Crippen molar-refractivity contribution < 1.29 is 9.59 Å². The Morgan fingerprint density at radius 3 is 2.83 bits per heavy atom. The van der Waals surface area contributed by atoms with Crippen LogP contribution in [0.4, 0.5) is 10.7 Å². The fraction of sp³-hybridized carbons (Fsp3) is 0.364. The maximum atomic E-state index is 12.9. The van der Waals surface area contributed by atoms with Crippen LogP contribution in [0.25, 0.3) is 10.9 Å². The van der Waals surface area contributed by atoms with Crippen molar-refractivity contribution >= 4 is 44.7 Å². The van der Waals surface area contributed by atoms with Gasteiger partial charge in [-0.05, 0) is 55.3 Å². The van der Waals surface area contributed by atoms with Crippen LogP contribution >= 0.6 is 11.3 Å². The largest absolute Gasteiger partial charge is 0.399 e. The molecule has 7 nitrogen and oxygen atoms in total. The molecule has 2 saturated heterocycles. The maximum absolute atomic E-state index is 12.9. The molecule has 2 aliphatic rings. The van der Waals surface area contributed by atoms with Crippen LogP contribution in [0.15, 0.2) is 36.5 Å². The van der Waals surface area contributed by atoms with Gasteiger partial charge < -0.3 is 25.8 Å². The van der Waals surface area contributed by atoms with Crippen LogP contribution in [-0.4, -0.2) is 47.0 Å². The number of anilines is 2. The summed E-state index contributed by atoms with van der Waals surface area (Å²) >= 11 is 1.34. The molecule has 5 rings (SSSR count). The monoisotopic (exact) mass is 423 g/mol. The Balaban J connectivity index is 1.24. The number of nitrogens with two attached hydrogens (primary N) is 1. The Kier molecular flexibility index (Phi) is 4.75. The first-order chi connectivity index (χ1) is 14.5. The zero-order valence-electron chi connectivity index (χ0n) is 16.9. The number of aryl methyl sites for hydroxylation is 1. The Bertz CT molecular complexity index is 1120. The van der Waals surface area contributed by atoms with Crippen LogP contribution in [-0.2, 0) is 11.8 Å².